The van der Waals surface area contributed by atoms with E-state index in [0.717, 1.165) is 24.8 Å². The number of amides is 11. The number of fused-ring (bicyclic) bond motifs is 2. The molecule has 14 atom stereocenters. The number of carboxylic acids is 1. The largest absolute Gasteiger partial charge is 0.497 e. The van der Waals surface area contributed by atoms with Crippen LogP contribution in [0, 0.1) is 11.8 Å². The molecular weight excluding hydrogens is 1370 g/mol. The van der Waals surface area contributed by atoms with E-state index < -0.39 is 187 Å². The molecule has 5 aromatic rings. The number of hydrogen-bond acceptors (Lipinski definition) is 18. The van der Waals surface area contributed by atoms with E-state index in [1.54, 1.807) is 137 Å². The fraction of sp³-hybridized carbons (Fsp3) is 0.427. The van der Waals surface area contributed by atoms with E-state index in [1.807, 2.05) is 0 Å². The number of aromatic nitrogens is 1. The highest BCUT2D eigenvalue weighted by atomic mass is 16.5. The summed E-state index contributed by atoms with van der Waals surface area (Å²) in [6.45, 7) is 10.9. The maximum Gasteiger partial charge on any atom is 0.331 e. The number of aliphatic carboxylic acids is 1. The number of rotatable bonds is 17. The molecule has 14 unspecified atom stereocenters. The molecule has 7 rings (SSSR count). The number of aromatic amines is 1. The standard InChI is InChI=1S/C75H94N12O19/c1-10-19-45-20-14-15-21-46(45)29-32-56(88)82-60-43(8)106-75(104)62(63(92)40(4)5)85-67(96)52(34-39(2)3)81-72(101)73(102)86-68(97)53(35-48-37-76-51-25-17-16-24-50(48)51)80-70(99)59(41(6)44-27-30-49(105-9)31-28-44)84-69(98)55-26-18-33-87(55)74(103)61(64(93)47-22-12-11-13-23-47)83-57(89)38-77-66(95)54(36-58(90)91)79-65(94)42(7)78-71(60)100/h10-17,19-25,27-32,37,39-43,52-55,59-64,73,76,92-93,102H,18,26,33-36,38H2,1-9H3,(H,77,95)(H,78,100)(H,79,94)(H,80,99)(H,81,101)(H,82,88)(H,83,89)(H,84,98)(H,85,96)(H,86,97)(H,90,91). The molecule has 0 saturated carbocycles. The number of allylic oxidation sites excluding steroid dienone is 1. The molecule has 1 aromatic heterocycles. The van der Waals surface area contributed by atoms with Gasteiger partial charge in [0.25, 0.3) is 5.91 Å². The number of aliphatic hydroxyl groups excluding tert-OH is 3. The number of ether oxygens (including phenoxy) is 2. The highest BCUT2D eigenvalue weighted by Crippen LogP contribution is 2.28. The van der Waals surface area contributed by atoms with Gasteiger partial charge in [0.2, 0.25) is 65.3 Å². The van der Waals surface area contributed by atoms with Crippen LogP contribution in [0.1, 0.15) is 121 Å². The maximum atomic E-state index is 15.3. The van der Waals surface area contributed by atoms with Crippen LogP contribution in [0.4, 0.5) is 0 Å². The Hall–Kier alpha value is -11.3. The zero-order chi connectivity index (χ0) is 77.6. The van der Waals surface area contributed by atoms with Crippen molar-refractivity contribution >= 4 is 100.0 Å². The summed E-state index contributed by atoms with van der Waals surface area (Å²) in [5.41, 5.74) is 2.97. The number of carbonyl (C=O) groups excluding carboxylic acids is 12. The molecule has 106 heavy (non-hydrogen) atoms. The third-order valence-corrected chi connectivity index (χ3v) is 18.1. The van der Waals surface area contributed by atoms with Gasteiger partial charge < -0.3 is 93.0 Å². The molecule has 0 spiro atoms. The van der Waals surface area contributed by atoms with Crippen molar-refractivity contribution in [3.05, 3.63) is 149 Å². The van der Waals surface area contributed by atoms with Gasteiger partial charge in [-0.3, -0.25) is 57.5 Å². The Morgan fingerprint density at radius 2 is 1.27 bits per heavy atom. The van der Waals surface area contributed by atoms with Crippen molar-refractivity contribution in [2.75, 3.05) is 20.2 Å². The average Bonchev–Trinajstić information content (AvgIpc) is 1.83. The number of nitrogens with one attached hydrogen (secondary N) is 11. The molecule has 2 fully saturated rings. The fourth-order valence-electron chi connectivity index (χ4n) is 12.2. The summed E-state index contributed by atoms with van der Waals surface area (Å²) < 4.78 is 11.2. The molecule has 2 saturated heterocycles. The van der Waals surface area contributed by atoms with E-state index in [0.29, 0.717) is 38.9 Å². The lowest BCUT2D eigenvalue weighted by Gasteiger charge is -2.33. The second-order valence-corrected chi connectivity index (χ2v) is 26.8. The van der Waals surface area contributed by atoms with Crippen LogP contribution >= 0.6 is 0 Å². The fourth-order valence-corrected chi connectivity index (χ4v) is 12.2. The van der Waals surface area contributed by atoms with Crippen molar-refractivity contribution in [1.82, 2.24) is 63.1 Å². The van der Waals surface area contributed by atoms with E-state index in [2.05, 4.69) is 58.2 Å². The Labute approximate surface area is 612 Å². The predicted molar refractivity (Wildman–Crippen MR) is 386 cm³/mol. The SMILES string of the molecule is CC=Cc1ccccc1C=CC(=O)NC1C(=O)NC(C)C(=O)NC(CC(=O)O)C(=O)NCC(=O)NC(C(O)c2ccccc2)C(=O)N2CCCC2C(=O)NC(C(C)c2ccc(OC)cc2)C(=O)NC(Cc2c[nH]c3ccccc23)C(=O)NC(O)C(=O)NC(CC(C)C)C(=O)NC(C(O)C(C)C)C(=O)OC1C. The monoisotopic (exact) mass is 1470 g/mol. The van der Waals surface area contributed by atoms with Crippen LogP contribution in [0.15, 0.2) is 121 Å². The predicted octanol–water partition coefficient (Wildman–Crippen LogP) is 0.926. The van der Waals surface area contributed by atoms with Gasteiger partial charge in [0, 0.05) is 42.1 Å². The number of H-pyrrole nitrogens is 1. The minimum atomic E-state index is -2.47. The van der Waals surface area contributed by atoms with Gasteiger partial charge in [0.05, 0.1) is 26.2 Å². The Kier molecular flexibility index (Phi) is 29.7. The number of nitrogens with zero attached hydrogens (tertiary/aromatic N) is 1. The minimum absolute atomic E-state index is 0.0144. The van der Waals surface area contributed by atoms with Crippen molar-refractivity contribution in [3.8, 4) is 5.75 Å². The summed E-state index contributed by atoms with van der Waals surface area (Å²) in [7, 11) is 1.44. The summed E-state index contributed by atoms with van der Waals surface area (Å²) in [5, 5.41) is 70.0. The third kappa shape index (κ3) is 22.4. The highest BCUT2D eigenvalue weighted by Gasteiger charge is 2.44. The lowest BCUT2D eigenvalue weighted by molar-refractivity contribution is -0.160. The van der Waals surface area contributed by atoms with Gasteiger partial charge in [-0.2, -0.15) is 0 Å². The average molecular weight is 1470 g/mol. The van der Waals surface area contributed by atoms with Crippen LogP contribution in [-0.4, -0.2) is 200 Å². The van der Waals surface area contributed by atoms with Crippen LogP contribution in [0.25, 0.3) is 23.1 Å². The van der Waals surface area contributed by atoms with E-state index in [-0.39, 0.29) is 37.8 Å². The molecule has 3 heterocycles. The van der Waals surface area contributed by atoms with Crippen LogP contribution in [0.5, 0.6) is 5.75 Å². The molecule has 31 nitrogen and oxygen atoms in total. The van der Waals surface area contributed by atoms with Gasteiger partial charge in [-0.15, -0.1) is 0 Å². The number of carbonyl (C=O) groups is 13. The van der Waals surface area contributed by atoms with Crippen molar-refractivity contribution in [2.24, 2.45) is 11.8 Å². The summed E-state index contributed by atoms with van der Waals surface area (Å²) in [5.74, 6) is -17.0. The van der Waals surface area contributed by atoms with Gasteiger partial charge in [-0.25, -0.2) is 4.79 Å². The zero-order valence-corrected chi connectivity index (χ0v) is 60.2. The molecule has 15 N–H and O–H groups in total. The van der Waals surface area contributed by atoms with Gasteiger partial charge >= 0.3 is 11.9 Å². The van der Waals surface area contributed by atoms with Crippen molar-refractivity contribution in [2.45, 2.75) is 172 Å². The summed E-state index contributed by atoms with van der Waals surface area (Å²) >= 11 is 0. The van der Waals surface area contributed by atoms with Crippen molar-refractivity contribution in [3.63, 3.8) is 0 Å². The molecule has 2 aliphatic heterocycles. The van der Waals surface area contributed by atoms with E-state index in [9.17, 15) is 68.4 Å². The highest BCUT2D eigenvalue weighted by molar-refractivity contribution is 6.01. The molecular formula is C75H94N12O19. The van der Waals surface area contributed by atoms with Crippen molar-refractivity contribution < 1.29 is 92.2 Å². The van der Waals surface area contributed by atoms with E-state index in [4.69, 9.17) is 9.47 Å². The first-order valence-electron chi connectivity index (χ1n) is 34.8. The lowest BCUT2D eigenvalue weighted by Crippen LogP contribution is -2.62. The lowest BCUT2D eigenvalue weighted by atomic mass is 9.91. The Morgan fingerprint density at radius 3 is 1.92 bits per heavy atom. The number of methoxy groups -OCH3 is 1. The first kappa shape index (κ1) is 82.0. The summed E-state index contributed by atoms with van der Waals surface area (Å²) in [4.78, 5) is 190. The van der Waals surface area contributed by atoms with Crippen molar-refractivity contribution in [1.29, 1.82) is 0 Å². The van der Waals surface area contributed by atoms with Crippen LogP contribution < -0.4 is 57.9 Å². The number of carboxylic acid groups (broad SMARTS) is 1. The second-order valence-electron chi connectivity index (χ2n) is 26.8. The Balaban J connectivity index is 1.29. The normalized spacial score (nSPS) is 24.6. The Bertz CT molecular complexity index is 4050. The summed E-state index contributed by atoms with van der Waals surface area (Å²) in [6.07, 6.45) is -1.63. The minimum Gasteiger partial charge on any atom is -0.497 e. The van der Waals surface area contributed by atoms with Crippen LogP contribution in [0.3, 0.4) is 0 Å². The molecule has 0 radical (unpaired) electrons. The quantitative estimate of drug-likeness (QED) is 0.0455. The van der Waals surface area contributed by atoms with Crippen LogP contribution in [0.2, 0.25) is 0 Å². The molecule has 0 aliphatic carbocycles. The van der Waals surface area contributed by atoms with Gasteiger partial charge in [0.1, 0.15) is 66.3 Å². The van der Waals surface area contributed by atoms with E-state index in [1.165, 1.54) is 39.2 Å². The van der Waals surface area contributed by atoms with Gasteiger partial charge in [-0.1, -0.05) is 132 Å². The topological polar surface area (TPSA) is 461 Å². The smallest absolute Gasteiger partial charge is 0.331 e. The number of benzene rings is 4. The maximum absolute atomic E-state index is 15.3. The zero-order valence-electron chi connectivity index (χ0n) is 60.2. The molecule has 4 aromatic carbocycles. The first-order valence-corrected chi connectivity index (χ1v) is 34.8. The third-order valence-electron chi connectivity index (χ3n) is 18.1. The molecule has 0 bridgehead atoms. The summed E-state index contributed by atoms with van der Waals surface area (Å²) in [6, 6.07) is 12.2. The van der Waals surface area contributed by atoms with Crippen LogP contribution in [-0.2, 0) is 73.5 Å². The number of esters is 1. The molecule has 31 heteroatoms. The molecule has 568 valence electrons. The molecule has 11 amide bonds. The second kappa shape index (κ2) is 38.4. The number of aliphatic hydroxyl groups is 3. The van der Waals surface area contributed by atoms with E-state index >= 15 is 14.4 Å². The molecule has 2 aliphatic rings. The number of hydrogen-bond donors (Lipinski definition) is 15. The number of para-hydroxylation sites is 1. The van der Waals surface area contributed by atoms with Gasteiger partial charge in [-0.05, 0) is 104 Å². The Morgan fingerprint density at radius 1 is 0.651 bits per heavy atom. The van der Waals surface area contributed by atoms with Gasteiger partial charge in [0.15, 0.2) is 6.04 Å². The number of cyclic esters (lactones) is 1. The first-order chi connectivity index (χ1) is 50.4.